The molecule has 0 radical (unpaired) electrons. The molecule has 8 nitrogen and oxygen atoms in total. The highest BCUT2D eigenvalue weighted by molar-refractivity contribution is 5.45. The van der Waals surface area contributed by atoms with E-state index in [2.05, 4.69) is 21.7 Å². The molecule has 35 heavy (non-hydrogen) atoms. The van der Waals surface area contributed by atoms with Crippen molar-refractivity contribution in [2.24, 2.45) is 11.8 Å². The molecule has 8 heteroatoms. The van der Waals surface area contributed by atoms with Crippen LogP contribution in [0.1, 0.15) is 34.7 Å². The number of nitrogens with one attached hydrogen (secondary N) is 4. The first-order valence-electron chi connectivity index (χ1n) is 11.8. The van der Waals surface area contributed by atoms with Gasteiger partial charge in [0.05, 0.1) is 26.3 Å². The Labute approximate surface area is 205 Å². The molecule has 2 heterocycles. The molecule has 6 N–H and O–H groups in total. The largest absolute Gasteiger partial charge is 0.493 e. The van der Waals surface area contributed by atoms with Crippen molar-refractivity contribution in [1.82, 2.24) is 21.7 Å². The lowest BCUT2D eigenvalue weighted by Gasteiger charge is -2.37. The van der Waals surface area contributed by atoms with Crippen molar-refractivity contribution < 1.29 is 19.7 Å². The van der Waals surface area contributed by atoms with E-state index in [0.717, 1.165) is 16.7 Å². The van der Waals surface area contributed by atoms with Crippen LogP contribution in [0.25, 0.3) is 0 Å². The number of hydrazine groups is 2. The summed E-state index contributed by atoms with van der Waals surface area (Å²) in [5, 5.41) is 22.5. The zero-order valence-electron chi connectivity index (χ0n) is 19.8. The molecule has 0 aliphatic carbocycles. The van der Waals surface area contributed by atoms with Crippen LogP contribution in [0.5, 0.6) is 11.5 Å². The van der Waals surface area contributed by atoms with Crippen LogP contribution in [0.2, 0.25) is 0 Å². The van der Waals surface area contributed by atoms with Crippen molar-refractivity contribution in [2.45, 2.75) is 30.5 Å². The highest BCUT2D eigenvalue weighted by Gasteiger charge is 2.51. The zero-order valence-corrected chi connectivity index (χ0v) is 19.8. The fourth-order valence-corrected chi connectivity index (χ4v) is 5.60. The lowest BCUT2D eigenvalue weighted by molar-refractivity contribution is 0.0369. The number of methoxy groups -OCH3 is 2. The van der Waals surface area contributed by atoms with E-state index in [9.17, 15) is 10.2 Å². The summed E-state index contributed by atoms with van der Waals surface area (Å²) in [6, 6.07) is 25.5. The Bertz CT molecular complexity index is 1060. The van der Waals surface area contributed by atoms with Crippen molar-refractivity contribution >= 4 is 0 Å². The van der Waals surface area contributed by atoms with Gasteiger partial charge in [-0.05, 0) is 28.8 Å². The molecule has 5 rings (SSSR count). The first-order chi connectivity index (χ1) is 17.1. The van der Waals surface area contributed by atoms with Crippen LogP contribution in [0.15, 0.2) is 78.9 Å². The summed E-state index contributed by atoms with van der Waals surface area (Å²) >= 11 is 0. The Morgan fingerprint density at radius 1 is 0.629 bits per heavy atom. The molecule has 0 amide bonds. The van der Waals surface area contributed by atoms with E-state index in [-0.39, 0.29) is 29.8 Å². The maximum Gasteiger partial charge on any atom is 0.160 e. The minimum Gasteiger partial charge on any atom is -0.493 e. The van der Waals surface area contributed by atoms with Gasteiger partial charge in [0.2, 0.25) is 0 Å². The molecule has 2 aliphatic rings. The number of aliphatic hydroxyl groups is 2. The molecule has 3 aromatic rings. The lowest BCUT2D eigenvalue weighted by atomic mass is 9.69. The highest BCUT2D eigenvalue weighted by Crippen LogP contribution is 2.50. The summed E-state index contributed by atoms with van der Waals surface area (Å²) in [5.41, 5.74) is 15.7. The van der Waals surface area contributed by atoms with Gasteiger partial charge >= 0.3 is 0 Å². The molecular weight excluding hydrogens is 444 g/mol. The van der Waals surface area contributed by atoms with Gasteiger partial charge in [-0.1, -0.05) is 66.7 Å². The van der Waals surface area contributed by atoms with E-state index < -0.39 is 12.5 Å². The van der Waals surface area contributed by atoms with Gasteiger partial charge in [-0.3, -0.25) is 0 Å². The average molecular weight is 477 g/mol. The number of rotatable bonds is 7. The first kappa shape index (κ1) is 23.7. The maximum atomic E-state index is 11.2. The molecule has 6 unspecified atom stereocenters. The van der Waals surface area contributed by atoms with Crippen LogP contribution < -0.4 is 31.2 Å². The van der Waals surface area contributed by atoms with Gasteiger partial charge in [-0.15, -0.1) is 0 Å². The van der Waals surface area contributed by atoms with Gasteiger partial charge in [-0.25, -0.2) is 21.7 Å². The third kappa shape index (κ3) is 4.52. The van der Waals surface area contributed by atoms with Crippen LogP contribution in [-0.4, -0.2) is 36.9 Å². The second-order valence-electron chi connectivity index (χ2n) is 9.04. The first-order valence-corrected chi connectivity index (χ1v) is 11.8. The summed E-state index contributed by atoms with van der Waals surface area (Å²) in [7, 11) is 3.21. The Morgan fingerprint density at radius 2 is 1.11 bits per heavy atom. The van der Waals surface area contributed by atoms with Crippen molar-refractivity contribution in [3.05, 3.63) is 95.6 Å². The average Bonchev–Trinajstić information content (AvgIpc) is 3.48. The molecule has 3 aromatic carbocycles. The number of hydrogen-bond donors (Lipinski definition) is 6. The van der Waals surface area contributed by atoms with E-state index in [1.165, 1.54) is 0 Å². The summed E-state index contributed by atoms with van der Waals surface area (Å²) in [6.07, 6.45) is -1.69. The molecule has 2 fully saturated rings. The minimum atomic E-state index is -0.845. The summed E-state index contributed by atoms with van der Waals surface area (Å²) < 4.78 is 11.1. The van der Waals surface area contributed by atoms with Gasteiger partial charge in [0, 0.05) is 17.8 Å². The van der Waals surface area contributed by atoms with Gasteiger partial charge in [0.1, 0.15) is 12.5 Å². The normalized spacial score (nSPS) is 29.1. The summed E-state index contributed by atoms with van der Waals surface area (Å²) in [4.78, 5) is 0. The fraction of sp³-hybridized carbons (Fsp3) is 0.333. The molecule has 0 saturated carbocycles. The fourth-order valence-electron chi connectivity index (χ4n) is 5.60. The summed E-state index contributed by atoms with van der Waals surface area (Å²) in [6.45, 7) is 0. The lowest BCUT2D eigenvalue weighted by Crippen LogP contribution is -2.39. The monoisotopic (exact) mass is 476 g/mol. The number of ether oxygens (including phenoxy) is 2. The quantitative estimate of drug-likeness (QED) is 0.309. The molecule has 2 aliphatic heterocycles. The predicted molar refractivity (Wildman–Crippen MR) is 132 cm³/mol. The smallest absolute Gasteiger partial charge is 0.160 e. The minimum absolute atomic E-state index is 0.187. The molecule has 184 valence electrons. The van der Waals surface area contributed by atoms with Gasteiger partial charge in [0.15, 0.2) is 11.5 Å². The van der Waals surface area contributed by atoms with E-state index >= 15 is 0 Å². The molecular formula is C27H32N4O4. The van der Waals surface area contributed by atoms with Crippen molar-refractivity contribution in [1.29, 1.82) is 0 Å². The van der Waals surface area contributed by atoms with Crippen molar-refractivity contribution in [3.8, 4) is 11.5 Å². The van der Waals surface area contributed by atoms with Crippen LogP contribution >= 0.6 is 0 Å². The third-order valence-corrected chi connectivity index (χ3v) is 7.21. The van der Waals surface area contributed by atoms with E-state index in [4.69, 9.17) is 9.47 Å². The van der Waals surface area contributed by atoms with Crippen LogP contribution in [0, 0.1) is 11.8 Å². The summed E-state index contributed by atoms with van der Waals surface area (Å²) in [5.74, 6) is 0.344. The Hall–Kier alpha value is -2.98. The maximum absolute atomic E-state index is 11.2. The highest BCUT2D eigenvalue weighted by atomic mass is 16.5. The SMILES string of the molecule is COc1ccc(C(C2C(O)NNC2c2ccccc2)C2C(O)NNC2c2ccccc2)cc1OC. The Balaban J connectivity index is 1.65. The van der Waals surface area contributed by atoms with Gasteiger partial charge < -0.3 is 19.7 Å². The second kappa shape index (κ2) is 10.3. The Morgan fingerprint density at radius 3 is 1.57 bits per heavy atom. The third-order valence-electron chi connectivity index (χ3n) is 7.21. The number of aliphatic hydroxyl groups excluding tert-OH is 2. The molecule has 0 spiro atoms. The topological polar surface area (TPSA) is 107 Å². The zero-order chi connectivity index (χ0) is 24.4. The van der Waals surface area contributed by atoms with Crippen molar-refractivity contribution in [3.63, 3.8) is 0 Å². The molecule has 6 atom stereocenters. The molecule has 2 saturated heterocycles. The van der Waals surface area contributed by atoms with Crippen LogP contribution in [0.3, 0.4) is 0 Å². The van der Waals surface area contributed by atoms with E-state index in [0.29, 0.717) is 11.5 Å². The van der Waals surface area contributed by atoms with Gasteiger partial charge in [-0.2, -0.15) is 0 Å². The second-order valence-corrected chi connectivity index (χ2v) is 9.04. The van der Waals surface area contributed by atoms with Crippen LogP contribution in [-0.2, 0) is 0 Å². The van der Waals surface area contributed by atoms with Crippen molar-refractivity contribution in [2.75, 3.05) is 14.2 Å². The molecule has 0 aromatic heterocycles. The number of benzene rings is 3. The standard InChI is InChI=1S/C27H32N4O4/c1-34-19-14-13-18(15-20(19)35-2)21(22-24(28-30-26(22)32)16-9-5-3-6-10-16)23-25(29-31-27(23)33)17-11-7-4-8-12-17/h3-15,21-33H,1-2H3. The predicted octanol–water partition coefficient (Wildman–Crippen LogP) is 2.35. The van der Waals surface area contributed by atoms with E-state index in [1.54, 1.807) is 14.2 Å². The van der Waals surface area contributed by atoms with Gasteiger partial charge in [0.25, 0.3) is 0 Å². The Kier molecular flexibility index (Phi) is 7.01. The molecule has 0 bridgehead atoms. The number of hydrogen-bond acceptors (Lipinski definition) is 8. The van der Waals surface area contributed by atoms with E-state index in [1.807, 2.05) is 78.9 Å². The van der Waals surface area contributed by atoms with Crippen LogP contribution in [0.4, 0.5) is 0 Å².